The van der Waals surface area contributed by atoms with Crippen molar-refractivity contribution in [1.82, 2.24) is 0 Å². The average Bonchev–Trinajstić information content (AvgIpc) is 2.10. The average molecular weight is 200 g/mol. The molecule has 4 nitrogen and oxygen atoms in total. The highest BCUT2D eigenvalue weighted by Gasteiger charge is 2.12. The van der Waals surface area contributed by atoms with Gasteiger partial charge in [0.1, 0.15) is 5.75 Å². The van der Waals surface area contributed by atoms with Crippen LogP contribution in [0.2, 0.25) is 0 Å². The van der Waals surface area contributed by atoms with Crippen molar-refractivity contribution in [2.75, 3.05) is 7.11 Å². The van der Waals surface area contributed by atoms with Gasteiger partial charge < -0.3 is 14.9 Å². The fourth-order valence-corrected chi connectivity index (χ4v) is 1.08. The van der Waals surface area contributed by atoms with Crippen LogP contribution in [0.15, 0.2) is 12.1 Å². The molecule has 5 heteroatoms. The maximum atomic E-state index is 12.8. The molecule has 0 atom stereocenters. The van der Waals surface area contributed by atoms with Gasteiger partial charge in [-0.25, -0.2) is 4.39 Å². The summed E-state index contributed by atoms with van der Waals surface area (Å²) >= 11 is 0. The number of hydrogen-bond donors (Lipinski definition) is 2. The number of phenols is 1. The van der Waals surface area contributed by atoms with Gasteiger partial charge in [-0.05, 0) is 6.07 Å². The molecule has 0 amide bonds. The minimum Gasteiger partial charge on any atom is -0.505 e. The van der Waals surface area contributed by atoms with Gasteiger partial charge in [0, 0.05) is 11.6 Å². The first kappa shape index (κ1) is 10.3. The maximum Gasteiger partial charge on any atom is 0.307 e. The lowest BCUT2D eigenvalue weighted by Crippen LogP contribution is -2.02. The van der Waals surface area contributed by atoms with Gasteiger partial charge in [0.25, 0.3) is 0 Å². The van der Waals surface area contributed by atoms with Crippen molar-refractivity contribution in [3.8, 4) is 11.5 Å². The van der Waals surface area contributed by atoms with Crippen LogP contribution in [-0.2, 0) is 11.2 Å². The lowest BCUT2D eigenvalue weighted by Gasteiger charge is -2.07. The smallest absolute Gasteiger partial charge is 0.307 e. The Morgan fingerprint density at radius 1 is 1.57 bits per heavy atom. The van der Waals surface area contributed by atoms with Crippen molar-refractivity contribution < 1.29 is 24.1 Å². The van der Waals surface area contributed by atoms with Gasteiger partial charge in [0.2, 0.25) is 0 Å². The lowest BCUT2D eigenvalue weighted by molar-refractivity contribution is -0.136. The number of methoxy groups -OCH3 is 1. The van der Waals surface area contributed by atoms with Gasteiger partial charge in [0.05, 0.1) is 13.5 Å². The number of carboxylic acid groups (broad SMARTS) is 1. The van der Waals surface area contributed by atoms with E-state index in [2.05, 4.69) is 0 Å². The molecule has 0 fully saturated rings. The van der Waals surface area contributed by atoms with Gasteiger partial charge in [-0.2, -0.15) is 0 Å². The summed E-state index contributed by atoms with van der Waals surface area (Å²) in [6, 6.07) is 2.00. The highest BCUT2D eigenvalue weighted by molar-refractivity contribution is 5.71. The molecule has 1 rings (SSSR count). The van der Waals surface area contributed by atoms with E-state index in [1.807, 2.05) is 0 Å². The topological polar surface area (TPSA) is 66.8 Å². The van der Waals surface area contributed by atoms with Crippen molar-refractivity contribution in [3.05, 3.63) is 23.5 Å². The van der Waals surface area contributed by atoms with Crippen LogP contribution in [0.25, 0.3) is 0 Å². The number of aliphatic carboxylic acids is 1. The quantitative estimate of drug-likeness (QED) is 0.768. The zero-order chi connectivity index (χ0) is 10.7. The number of phenolic OH excluding ortho intramolecular Hbond substituents is 1. The molecule has 0 aliphatic carbocycles. The molecule has 0 aliphatic rings. The molecule has 0 aromatic heterocycles. The Morgan fingerprint density at radius 3 is 2.71 bits per heavy atom. The van der Waals surface area contributed by atoms with Crippen LogP contribution < -0.4 is 4.74 Å². The zero-order valence-corrected chi connectivity index (χ0v) is 7.45. The van der Waals surface area contributed by atoms with E-state index in [0.717, 1.165) is 12.1 Å². The number of aromatic hydroxyl groups is 1. The highest BCUT2D eigenvalue weighted by Crippen LogP contribution is 2.26. The summed E-state index contributed by atoms with van der Waals surface area (Å²) in [7, 11) is 1.30. The first-order valence-corrected chi connectivity index (χ1v) is 3.81. The van der Waals surface area contributed by atoms with Crippen LogP contribution in [-0.4, -0.2) is 23.3 Å². The van der Waals surface area contributed by atoms with E-state index in [1.54, 1.807) is 0 Å². The molecule has 0 unspecified atom stereocenters. The number of carbonyl (C=O) groups is 1. The summed E-state index contributed by atoms with van der Waals surface area (Å²) in [5.74, 6) is -2.38. The van der Waals surface area contributed by atoms with Crippen LogP contribution in [0.1, 0.15) is 5.56 Å². The molecular formula is C9H9FO4. The van der Waals surface area contributed by atoms with E-state index in [-0.39, 0.29) is 17.7 Å². The second-order valence-corrected chi connectivity index (χ2v) is 2.69. The minimum absolute atomic E-state index is 0.114. The fraction of sp³-hybridized carbons (Fsp3) is 0.222. The Labute approximate surface area is 79.6 Å². The molecule has 1 aromatic carbocycles. The predicted octanol–water partition coefficient (Wildman–Crippen LogP) is 1.17. The molecule has 0 heterocycles. The third-order valence-corrected chi connectivity index (χ3v) is 1.69. The fourth-order valence-electron chi connectivity index (χ4n) is 1.08. The molecule has 2 N–H and O–H groups in total. The predicted molar refractivity (Wildman–Crippen MR) is 46.0 cm³/mol. The minimum atomic E-state index is -1.07. The molecule has 0 bridgehead atoms. The number of hydrogen-bond acceptors (Lipinski definition) is 3. The second-order valence-electron chi connectivity index (χ2n) is 2.69. The maximum absolute atomic E-state index is 12.8. The molecule has 76 valence electrons. The van der Waals surface area contributed by atoms with Crippen LogP contribution >= 0.6 is 0 Å². The van der Waals surface area contributed by atoms with E-state index in [0.29, 0.717) is 0 Å². The van der Waals surface area contributed by atoms with E-state index in [4.69, 9.17) is 14.9 Å². The Balaban J connectivity index is 3.13. The van der Waals surface area contributed by atoms with Crippen LogP contribution in [0.4, 0.5) is 4.39 Å². The van der Waals surface area contributed by atoms with E-state index in [1.165, 1.54) is 7.11 Å². The zero-order valence-electron chi connectivity index (χ0n) is 7.45. The Bertz CT molecular complexity index is 362. The summed E-state index contributed by atoms with van der Waals surface area (Å²) in [6.07, 6.45) is -0.322. The summed E-state index contributed by atoms with van der Waals surface area (Å²) in [5.41, 5.74) is 0.235. The molecule has 14 heavy (non-hydrogen) atoms. The van der Waals surface area contributed by atoms with E-state index < -0.39 is 17.5 Å². The molecule has 0 radical (unpaired) electrons. The summed E-state index contributed by atoms with van der Waals surface area (Å²) in [4.78, 5) is 10.4. The first-order chi connectivity index (χ1) is 6.54. The van der Waals surface area contributed by atoms with Crippen molar-refractivity contribution in [2.24, 2.45) is 0 Å². The number of carboxylic acids is 1. The normalized spacial score (nSPS) is 9.86. The van der Waals surface area contributed by atoms with Crippen molar-refractivity contribution >= 4 is 5.97 Å². The Morgan fingerprint density at radius 2 is 2.21 bits per heavy atom. The summed E-state index contributed by atoms with van der Waals surface area (Å²) in [6.45, 7) is 0. The number of benzene rings is 1. The van der Waals surface area contributed by atoms with Crippen molar-refractivity contribution in [1.29, 1.82) is 0 Å². The van der Waals surface area contributed by atoms with Gasteiger partial charge in [-0.15, -0.1) is 0 Å². The molecule has 0 spiro atoms. The van der Waals surface area contributed by atoms with Gasteiger partial charge in [0.15, 0.2) is 11.6 Å². The van der Waals surface area contributed by atoms with Crippen molar-refractivity contribution in [2.45, 2.75) is 6.42 Å². The standard InChI is InChI=1S/C9H9FO4/c1-14-8-4-6(10)7(11)2-5(8)3-9(12)13/h2,4,11H,3H2,1H3,(H,12,13). The monoisotopic (exact) mass is 200 g/mol. The van der Waals surface area contributed by atoms with Crippen molar-refractivity contribution in [3.63, 3.8) is 0 Å². The third kappa shape index (κ3) is 2.12. The SMILES string of the molecule is COc1cc(F)c(O)cc1CC(=O)O. The highest BCUT2D eigenvalue weighted by atomic mass is 19.1. The first-order valence-electron chi connectivity index (χ1n) is 3.81. The number of halogens is 1. The summed E-state index contributed by atoms with van der Waals surface area (Å²) < 4.78 is 17.6. The van der Waals surface area contributed by atoms with Gasteiger partial charge in [-0.1, -0.05) is 0 Å². The van der Waals surface area contributed by atoms with Gasteiger partial charge in [-0.3, -0.25) is 4.79 Å². The van der Waals surface area contributed by atoms with Crippen LogP contribution in [0, 0.1) is 5.82 Å². The Hall–Kier alpha value is -1.78. The number of ether oxygens (including phenoxy) is 1. The molecule has 1 aromatic rings. The molecular weight excluding hydrogens is 191 g/mol. The van der Waals surface area contributed by atoms with Gasteiger partial charge >= 0.3 is 5.97 Å². The van der Waals surface area contributed by atoms with E-state index >= 15 is 0 Å². The van der Waals surface area contributed by atoms with Crippen LogP contribution in [0.5, 0.6) is 11.5 Å². The van der Waals surface area contributed by atoms with E-state index in [9.17, 15) is 9.18 Å². The number of rotatable bonds is 3. The summed E-state index contributed by atoms with van der Waals surface area (Å²) in [5, 5.41) is 17.5. The molecule has 0 saturated heterocycles. The lowest BCUT2D eigenvalue weighted by atomic mass is 10.1. The molecule has 0 aliphatic heterocycles. The molecule has 0 saturated carbocycles. The third-order valence-electron chi connectivity index (χ3n) is 1.69. The van der Waals surface area contributed by atoms with Crippen LogP contribution in [0.3, 0.4) is 0 Å². The Kier molecular flexibility index (Phi) is 2.91. The largest absolute Gasteiger partial charge is 0.505 e. The second kappa shape index (κ2) is 3.95.